The molecule has 4 heterocycles. The number of allylic oxidation sites excluding steroid dienone is 2. The molecule has 0 bridgehead atoms. The van der Waals surface area contributed by atoms with Crippen LogP contribution in [0.15, 0.2) is 17.3 Å². The summed E-state index contributed by atoms with van der Waals surface area (Å²) in [5.74, 6) is -2.17. The van der Waals surface area contributed by atoms with E-state index in [2.05, 4.69) is 33.2 Å². The fraction of sp³-hybridized carbons (Fsp3) is 0.515. The summed E-state index contributed by atoms with van der Waals surface area (Å²) in [7, 11) is 0. The van der Waals surface area contributed by atoms with Crippen molar-refractivity contribution in [3.8, 4) is 0 Å². The highest BCUT2D eigenvalue weighted by Gasteiger charge is 2.38. The van der Waals surface area contributed by atoms with Crippen LogP contribution in [0, 0.1) is 31.6 Å². The molecule has 2 saturated heterocycles. The number of amides is 2. The summed E-state index contributed by atoms with van der Waals surface area (Å²) in [4.78, 5) is 55.2. The van der Waals surface area contributed by atoms with Gasteiger partial charge < -0.3 is 30.8 Å². The van der Waals surface area contributed by atoms with E-state index in [4.69, 9.17) is 0 Å². The lowest BCUT2D eigenvalue weighted by molar-refractivity contribution is -0.138. The molecule has 6 N–H and O–H groups in total. The van der Waals surface area contributed by atoms with E-state index in [1.54, 1.807) is 0 Å². The Labute approximate surface area is 263 Å². The number of aromatic nitrogens is 2. The third-order valence-corrected chi connectivity index (χ3v) is 9.74. The SMILES string of the molecule is C/C=C1\C(=O)N[C@H](Cc2[nH]c(Cc3[nH]c(/C=C4\NC(=O)[C@H](C)[C@H]4[C@@H](C)S)c(C)c3CCC(=O)O)c(CCC(=O)O)c2C)C1C. The van der Waals surface area contributed by atoms with Gasteiger partial charge in [-0.3, -0.25) is 19.2 Å². The molecule has 2 aromatic heterocycles. The topological polar surface area (TPSA) is 164 Å². The van der Waals surface area contributed by atoms with Crippen molar-refractivity contribution in [3.05, 3.63) is 62.4 Å². The van der Waals surface area contributed by atoms with Crippen LogP contribution in [0.2, 0.25) is 0 Å². The van der Waals surface area contributed by atoms with Crippen molar-refractivity contribution in [2.24, 2.45) is 17.8 Å². The van der Waals surface area contributed by atoms with Crippen LogP contribution in [0.25, 0.3) is 6.08 Å². The zero-order valence-corrected chi connectivity index (χ0v) is 27.2. The smallest absolute Gasteiger partial charge is 0.303 e. The number of rotatable bonds is 12. The average molecular weight is 625 g/mol. The molecular weight excluding hydrogens is 580 g/mol. The van der Waals surface area contributed by atoms with Gasteiger partial charge in [0.05, 0.1) is 0 Å². The molecule has 0 aliphatic carbocycles. The van der Waals surface area contributed by atoms with Gasteiger partial charge in [-0.05, 0) is 61.9 Å². The summed E-state index contributed by atoms with van der Waals surface area (Å²) >= 11 is 4.63. The van der Waals surface area contributed by atoms with Crippen LogP contribution >= 0.6 is 12.6 Å². The number of hydrogen-bond acceptors (Lipinski definition) is 5. The number of nitrogens with one attached hydrogen (secondary N) is 4. The molecule has 0 radical (unpaired) electrons. The fourth-order valence-electron chi connectivity index (χ4n) is 6.83. The maximum atomic E-state index is 12.5. The Morgan fingerprint density at radius 3 is 2.07 bits per heavy atom. The second kappa shape index (κ2) is 13.5. The Morgan fingerprint density at radius 1 is 0.932 bits per heavy atom. The van der Waals surface area contributed by atoms with Gasteiger partial charge in [-0.2, -0.15) is 12.6 Å². The minimum atomic E-state index is -0.898. The number of carbonyl (C=O) groups excluding carboxylic acids is 2. The summed E-state index contributed by atoms with van der Waals surface area (Å²) in [6.45, 7) is 11.7. The van der Waals surface area contributed by atoms with Crippen LogP contribution < -0.4 is 10.6 Å². The first kappa shape index (κ1) is 33.2. The molecule has 1 unspecified atom stereocenters. The van der Waals surface area contributed by atoms with Gasteiger partial charge in [0, 0.05) is 88.8 Å². The van der Waals surface area contributed by atoms with Crippen molar-refractivity contribution in [2.75, 3.05) is 0 Å². The number of thiol groups is 1. The highest BCUT2D eigenvalue weighted by molar-refractivity contribution is 7.80. The van der Waals surface area contributed by atoms with Crippen LogP contribution in [0.5, 0.6) is 0 Å². The van der Waals surface area contributed by atoms with Crippen LogP contribution in [0.3, 0.4) is 0 Å². The summed E-state index contributed by atoms with van der Waals surface area (Å²) in [6.07, 6.45) is 5.35. The first-order valence-corrected chi connectivity index (χ1v) is 15.8. The van der Waals surface area contributed by atoms with Gasteiger partial charge in [-0.25, -0.2) is 0 Å². The van der Waals surface area contributed by atoms with Crippen molar-refractivity contribution in [2.45, 2.75) is 91.4 Å². The molecule has 2 aliphatic heterocycles. The average Bonchev–Trinajstić information content (AvgIpc) is 3.59. The van der Waals surface area contributed by atoms with E-state index in [1.165, 1.54) is 0 Å². The quantitative estimate of drug-likeness (QED) is 0.138. The molecule has 10 nitrogen and oxygen atoms in total. The highest BCUT2D eigenvalue weighted by Crippen LogP contribution is 2.35. The number of aliphatic carboxylic acids is 2. The molecule has 0 spiro atoms. The third-order valence-electron chi connectivity index (χ3n) is 9.42. The van der Waals surface area contributed by atoms with Crippen molar-refractivity contribution in [1.29, 1.82) is 0 Å². The van der Waals surface area contributed by atoms with E-state index < -0.39 is 11.9 Å². The molecule has 2 amide bonds. The minimum absolute atomic E-state index is 0.0292. The molecule has 238 valence electrons. The molecule has 2 fully saturated rings. The number of carboxylic acids is 2. The lowest BCUT2D eigenvalue weighted by Gasteiger charge is -2.17. The van der Waals surface area contributed by atoms with Gasteiger partial charge >= 0.3 is 11.9 Å². The van der Waals surface area contributed by atoms with E-state index in [0.29, 0.717) is 25.7 Å². The number of carbonyl (C=O) groups is 4. The Kier molecular flexibility index (Phi) is 10.2. The van der Waals surface area contributed by atoms with Crippen LogP contribution in [-0.2, 0) is 44.9 Å². The molecule has 0 saturated carbocycles. The Balaban J connectivity index is 1.74. The van der Waals surface area contributed by atoms with E-state index >= 15 is 0 Å². The molecule has 44 heavy (non-hydrogen) atoms. The standard InChI is InChI=1S/C33H44N4O6S/c1-7-20-15(2)25(36-33(20)43)12-23-16(3)21(8-10-29(38)39)26(34-23)14-27-22(9-11-30(40)41)17(4)24(35-27)13-28-31(19(6)44)18(5)32(42)37-28/h7,13,15,18-19,25,31,34-35,44H,8-12,14H2,1-6H3,(H,36,43)(H,37,42)(H,38,39)(H,40,41)/b20-7-,28-13-/t15?,18-,19-,25-,31+/m1/s1. The number of carboxylic acid groups (broad SMARTS) is 2. The predicted molar refractivity (Wildman–Crippen MR) is 172 cm³/mol. The summed E-state index contributed by atoms with van der Waals surface area (Å²) < 4.78 is 0. The molecule has 4 rings (SSSR count). The van der Waals surface area contributed by atoms with Crippen LogP contribution in [0.1, 0.15) is 85.6 Å². The monoisotopic (exact) mass is 624 g/mol. The zero-order chi connectivity index (χ0) is 32.5. The Morgan fingerprint density at radius 2 is 1.52 bits per heavy atom. The summed E-state index contributed by atoms with van der Waals surface area (Å²) in [6, 6.07) is -0.0884. The molecule has 2 aliphatic rings. The summed E-state index contributed by atoms with van der Waals surface area (Å²) in [5.41, 5.74) is 8.67. The van der Waals surface area contributed by atoms with Crippen molar-refractivity contribution in [3.63, 3.8) is 0 Å². The Hall–Kier alpha value is -3.73. The minimum Gasteiger partial charge on any atom is -0.481 e. The molecule has 2 aromatic rings. The van der Waals surface area contributed by atoms with Crippen molar-refractivity contribution < 1.29 is 29.4 Å². The fourth-order valence-corrected chi connectivity index (χ4v) is 7.25. The van der Waals surface area contributed by atoms with Crippen LogP contribution in [0.4, 0.5) is 0 Å². The lowest BCUT2D eigenvalue weighted by atomic mass is 9.91. The normalized spacial score (nSPS) is 24.2. The molecule has 5 atom stereocenters. The number of hydrogen-bond donors (Lipinski definition) is 7. The number of aromatic amines is 2. The third kappa shape index (κ3) is 6.82. The maximum Gasteiger partial charge on any atom is 0.303 e. The van der Waals surface area contributed by atoms with Gasteiger partial charge in [0.15, 0.2) is 0 Å². The van der Waals surface area contributed by atoms with E-state index in [1.807, 2.05) is 53.7 Å². The number of H-pyrrole nitrogens is 2. The van der Waals surface area contributed by atoms with Gasteiger partial charge in [0.25, 0.3) is 0 Å². The van der Waals surface area contributed by atoms with E-state index in [-0.39, 0.29) is 53.7 Å². The predicted octanol–water partition coefficient (Wildman–Crippen LogP) is 4.25. The van der Waals surface area contributed by atoms with Gasteiger partial charge in [-0.15, -0.1) is 0 Å². The first-order valence-electron chi connectivity index (χ1n) is 15.2. The zero-order valence-electron chi connectivity index (χ0n) is 26.3. The largest absolute Gasteiger partial charge is 0.481 e. The molecule has 0 aromatic carbocycles. The second-order valence-electron chi connectivity index (χ2n) is 12.2. The molecule has 11 heteroatoms. The molecular formula is C33H44N4O6S. The lowest BCUT2D eigenvalue weighted by Crippen LogP contribution is -2.30. The highest BCUT2D eigenvalue weighted by atomic mass is 32.1. The van der Waals surface area contributed by atoms with E-state index in [0.717, 1.165) is 56.3 Å². The second-order valence-corrected chi connectivity index (χ2v) is 13.0. The first-order chi connectivity index (χ1) is 20.7. The van der Waals surface area contributed by atoms with Crippen molar-refractivity contribution in [1.82, 2.24) is 20.6 Å². The van der Waals surface area contributed by atoms with Gasteiger partial charge in [0.1, 0.15) is 0 Å². The summed E-state index contributed by atoms with van der Waals surface area (Å²) in [5, 5.41) is 25.0. The maximum absolute atomic E-state index is 12.5. The van der Waals surface area contributed by atoms with Crippen molar-refractivity contribution >= 4 is 42.5 Å². The van der Waals surface area contributed by atoms with Crippen LogP contribution in [-0.4, -0.2) is 55.2 Å². The van der Waals surface area contributed by atoms with Gasteiger partial charge in [0.2, 0.25) is 11.8 Å². The Bertz CT molecular complexity index is 1530. The van der Waals surface area contributed by atoms with E-state index in [9.17, 15) is 29.4 Å². The van der Waals surface area contributed by atoms with Gasteiger partial charge in [-0.1, -0.05) is 26.8 Å².